The van der Waals surface area contributed by atoms with Crippen LogP contribution in [0.5, 0.6) is 0 Å². The van der Waals surface area contributed by atoms with E-state index in [0.29, 0.717) is 12.1 Å². The number of hydrogen-bond acceptors (Lipinski definition) is 2. The van der Waals surface area contributed by atoms with Gasteiger partial charge in [-0.05, 0) is 31.2 Å². The lowest BCUT2D eigenvalue weighted by molar-refractivity contribution is 0.427. The fourth-order valence-electron chi connectivity index (χ4n) is 1.57. The average molecular weight is 298 g/mol. The van der Waals surface area contributed by atoms with E-state index < -0.39 is 0 Å². The van der Waals surface area contributed by atoms with E-state index in [2.05, 4.69) is 21.2 Å². The van der Waals surface area contributed by atoms with Crippen LogP contribution in [0.15, 0.2) is 45.5 Å². The molecule has 0 aliphatic carbocycles. The highest BCUT2D eigenvalue weighted by Gasteiger charge is 2.09. The first-order chi connectivity index (χ1) is 8.16. The van der Waals surface area contributed by atoms with E-state index in [-0.39, 0.29) is 11.9 Å². The summed E-state index contributed by atoms with van der Waals surface area (Å²) in [6, 6.07) is 8.87. The molecule has 0 bridgehead atoms. The summed E-state index contributed by atoms with van der Waals surface area (Å²) in [6.07, 6.45) is 1.63. The van der Waals surface area contributed by atoms with Gasteiger partial charge in [0.2, 0.25) is 0 Å². The van der Waals surface area contributed by atoms with Gasteiger partial charge in [-0.25, -0.2) is 4.39 Å². The van der Waals surface area contributed by atoms with Crippen LogP contribution in [0.25, 0.3) is 0 Å². The predicted molar refractivity (Wildman–Crippen MR) is 68.1 cm³/mol. The third kappa shape index (κ3) is 3.17. The second-order valence-electron chi connectivity index (χ2n) is 3.85. The van der Waals surface area contributed by atoms with Crippen LogP contribution in [0.1, 0.15) is 24.3 Å². The van der Waals surface area contributed by atoms with Crippen molar-refractivity contribution in [1.29, 1.82) is 0 Å². The lowest BCUT2D eigenvalue weighted by Crippen LogP contribution is -2.18. The molecule has 1 unspecified atom stereocenters. The van der Waals surface area contributed by atoms with Crippen LogP contribution in [0.2, 0.25) is 0 Å². The molecule has 17 heavy (non-hydrogen) atoms. The van der Waals surface area contributed by atoms with Gasteiger partial charge < -0.3 is 9.73 Å². The van der Waals surface area contributed by atoms with Crippen LogP contribution in [-0.2, 0) is 6.54 Å². The Morgan fingerprint density at radius 1 is 1.41 bits per heavy atom. The molecule has 2 nitrogen and oxygen atoms in total. The summed E-state index contributed by atoms with van der Waals surface area (Å²) in [5.74, 6) is 0.640. The Bertz CT molecular complexity index is 484. The maximum atomic E-state index is 13.5. The molecule has 1 heterocycles. The normalized spacial score (nSPS) is 12.6. The van der Waals surface area contributed by atoms with E-state index in [1.165, 1.54) is 6.07 Å². The number of hydrogen-bond donors (Lipinski definition) is 1. The molecular formula is C13H13BrFNO. The van der Waals surface area contributed by atoms with Crippen molar-refractivity contribution in [3.8, 4) is 0 Å². The Labute approximate surface area is 108 Å². The molecule has 0 radical (unpaired) electrons. The van der Waals surface area contributed by atoms with E-state index >= 15 is 0 Å². The van der Waals surface area contributed by atoms with Crippen molar-refractivity contribution in [3.63, 3.8) is 0 Å². The first-order valence-corrected chi connectivity index (χ1v) is 6.17. The minimum absolute atomic E-state index is 0.0630. The third-order valence-corrected chi connectivity index (χ3v) is 3.08. The highest BCUT2D eigenvalue weighted by molar-refractivity contribution is 9.10. The van der Waals surface area contributed by atoms with Crippen molar-refractivity contribution in [2.24, 2.45) is 0 Å². The van der Waals surface area contributed by atoms with Gasteiger partial charge in [0.25, 0.3) is 0 Å². The molecule has 1 atom stereocenters. The zero-order chi connectivity index (χ0) is 12.3. The zero-order valence-corrected chi connectivity index (χ0v) is 11.0. The minimum Gasteiger partial charge on any atom is -0.468 e. The molecule has 1 aromatic carbocycles. The summed E-state index contributed by atoms with van der Waals surface area (Å²) in [5.41, 5.74) is 0.645. The molecule has 0 saturated carbocycles. The topological polar surface area (TPSA) is 25.2 Å². The second kappa shape index (κ2) is 5.47. The maximum Gasteiger partial charge on any atom is 0.128 e. The molecule has 2 rings (SSSR count). The van der Waals surface area contributed by atoms with E-state index in [1.807, 2.05) is 25.1 Å². The average Bonchev–Trinajstić information content (AvgIpc) is 2.81. The molecule has 1 N–H and O–H groups in total. The molecule has 0 fully saturated rings. The molecule has 90 valence electrons. The van der Waals surface area contributed by atoms with Crippen molar-refractivity contribution in [3.05, 3.63) is 58.2 Å². The standard InChI is InChI=1S/C13H13BrFNO/c1-9(13-3-2-6-17-13)16-8-10-4-5-11(14)7-12(10)15/h2-7,9,16H,8H2,1H3. The van der Waals surface area contributed by atoms with Crippen LogP contribution in [0, 0.1) is 5.82 Å². The van der Waals surface area contributed by atoms with E-state index in [0.717, 1.165) is 10.2 Å². The van der Waals surface area contributed by atoms with Crippen molar-refractivity contribution in [1.82, 2.24) is 5.32 Å². The van der Waals surface area contributed by atoms with Gasteiger partial charge in [-0.2, -0.15) is 0 Å². The molecule has 1 aromatic heterocycles. The lowest BCUT2D eigenvalue weighted by atomic mass is 10.2. The van der Waals surface area contributed by atoms with E-state index in [9.17, 15) is 4.39 Å². The van der Waals surface area contributed by atoms with Crippen molar-refractivity contribution in [2.75, 3.05) is 0 Å². The van der Waals surface area contributed by atoms with Gasteiger partial charge in [-0.15, -0.1) is 0 Å². The molecule has 4 heteroatoms. The summed E-state index contributed by atoms with van der Waals surface area (Å²) in [7, 11) is 0. The predicted octanol–water partition coefficient (Wildman–Crippen LogP) is 4.03. The van der Waals surface area contributed by atoms with Gasteiger partial charge in [0.1, 0.15) is 11.6 Å². The number of rotatable bonds is 4. The summed E-state index contributed by atoms with van der Waals surface area (Å²) in [4.78, 5) is 0. The van der Waals surface area contributed by atoms with Crippen LogP contribution < -0.4 is 5.32 Å². The molecule has 0 aliphatic heterocycles. The maximum absolute atomic E-state index is 13.5. The summed E-state index contributed by atoms with van der Waals surface area (Å²) < 4.78 is 19.6. The third-order valence-electron chi connectivity index (χ3n) is 2.58. The van der Waals surface area contributed by atoms with Crippen LogP contribution >= 0.6 is 15.9 Å². The Morgan fingerprint density at radius 3 is 2.88 bits per heavy atom. The molecule has 0 aliphatic rings. The van der Waals surface area contributed by atoms with Crippen LogP contribution in [0.3, 0.4) is 0 Å². The molecule has 0 amide bonds. The van der Waals surface area contributed by atoms with Gasteiger partial charge in [-0.1, -0.05) is 22.0 Å². The highest BCUT2D eigenvalue weighted by atomic mass is 79.9. The smallest absolute Gasteiger partial charge is 0.128 e. The minimum atomic E-state index is -0.210. The molecule has 0 spiro atoms. The summed E-state index contributed by atoms with van der Waals surface area (Å²) in [6.45, 7) is 2.45. The Morgan fingerprint density at radius 2 is 2.24 bits per heavy atom. The first kappa shape index (κ1) is 12.3. The van der Waals surface area contributed by atoms with Gasteiger partial charge >= 0.3 is 0 Å². The quantitative estimate of drug-likeness (QED) is 0.922. The van der Waals surface area contributed by atoms with Gasteiger partial charge in [0.15, 0.2) is 0 Å². The fourth-order valence-corrected chi connectivity index (χ4v) is 1.90. The molecular weight excluding hydrogens is 285 g/mol. The Hall–Kier alpha value is -1.13. The lowest BCUT2D eigenvalue weighted by Gasteiger charge is -2.11. The number of benzene rings is 1. The second-order valence-corrected chi connectivity index (χ2v) is 4.77. The van der Waals surface area contributed by atoms with Crippen LogP contribution in [0.4, 0.5) is 4.39 Å². The highest BCUT2D eigenvalue weighted by Crippen LogP contribution is 2.17. The Balaban J connectivity index is 1.98. The van der Waals surface area contributed by atoms with Gasteiger partial charge in [0, 0.05) is 16.6 Å². The molecule has 0 saturated heterocycles. The first-order valence-electron chi connectivity index (χ1n) is 5.37. The van der Waals surface area contributed by atoms with E-state index in [4.69, 9.17) is 4.42 Å². The summed E-state index contributed by atoms with van der Waals surface area (Å²) >= 11 is 3.23. The number of furan rings is 1. The number of nitrogens with one attached hydrogen (secondary N) is 1. The number of halogens is 2. The Kier molecular flexibility index (Phi) is 3.97. The SMILES string of the molecule is CC(NCc1ccc(Br)cc1F)c1ccco1. The van der Waals surface area contributed by atoms with Crippen molar-refractivity contribution >= 4 is 15.9 Å². The van der Waals surface area contributed by atoms with E-state index in [1.54, 1.807) is 12.3 Å². The summed E-state index contributed by atoms with van der Waals surface area (Å²) in [5, 5.41) is 3.21. The largest absolute Gasteiger partial charge is 0.468 e. The zero-order valence-electron chi connectivity index (χ0n) is 9.41. The van der Waals surface area contributed by atoms with Gasteiger partial charge in [-0.3, -0.25) is 0 Å². The van der Waals surface area contributed by atoms with Gasteiger partial charge in [0.05, 0.1) is 12.3 Å². The molecule has 2 aromatic rings. The van der Waals surface area contributed by atoms with Crippen molar-refractivity contribution < 1.29 is 8.81 Å². The fraction of sp³-hybridized carbons (Fsp3) is 0.231. The monoisotopic (exact) mass is 297 g/mol. The van der Waals surface area contributed by atoms with Crippen LogP contribution in [-0.4, -0.2) is 0 Å². The van der Waals surface area contributed by atoms with Crippen molar-refractivity contribution in [2.45, 2.75) is 19.5 Å².